The molecule has 0 saturated carbocycles. The van der Waals surface area contributed by atoms with Gasteiger partial charge in [0.25, 0.3) is 0 Å². The Labute approximate surface area is 100 Å². The fraction of sp³-hybridized carbons (Fsp3) is 0.286. The van der Waals surface area contributed by atoms with Crippen molar-refractivity contribution in [2.75, 3.05) is 0 Å². The molecule has 3 heteroatoms. The summed E-state index contributed by atoms with van der Waals surface area (Å²) in [5.41, 5.74) is 1.06. The highest BCUT2D eigenvalue weighted by Gasteiger charge is 2.12. The summed E-state index contributed by atoms with van der Waals surface area (Å²) in [6.07, 6.45) is 1.66. The van der Waals surface area contributed by atoms with E-state index >= 15 is 0 Å². The topological polar surface area (TPSA) is 25.2 Å². The van der Waals surface area contributed by atoms with Gasteiger partial charge in [-0.3, -0.25) is 0 Å². The van der Waals surface area contributed by atoms with Crippen molar-refractivity contribution >= 4 is 0 Å². The Balaban J connectivity index is 2.01. The second-order valence-corrected chi connectivity index (χ2v) is 4.18. The fourth-order valence-electron chi connectivity index (χ4n) is 1.84. The van der Waals surface area contributed by atoms with E-state index in [9.17, 15) is 4.39 Å². The van der Waals surface area contributed by atoms with Crippen LogP contribution in [0, 0.1) is 5.82 Å². The maximum atomic E-state index is 12.8. The van der Waals surface area contributed by atoms with Gasteiger partial charge in [-0.05, 0) is 43.7 Å². The van der Waals surface area contributed by atoms with Crippen LogP contribution < -0.4 is 5.32 Å². The second kappa shape index (κ2) is 5.15. The highest BCUT2D eigenvalue weighted by atomic mass is 19.1. The lowest BCUT2D eigenvalue weighted by atomic mass is 10.1. The Morgan fingerprint density at radius 3 is 2.35 bits per heavy atom. The van der Waals surface area contributed by atoms with Crippen LogP contribution in [-0.2, 0) is 0 Å². The molecule has 17 heavy (non-hydrogen) atoms. The van der Waals surface area contributed by atoms with E-state index in [2.05, 4.69) is 5.32 Å². The van der Waals surface area contributed by atoms with Crippen LogP contribution in [0.4, 0.5) is 4.39 Å². The van der Waals surface area contributed by atoms with Gasteiger partial charge in [-0.2, -0.15) is 0 Å². The highest BCUT2D eigenvalue weighted by Crippen LogP contribution is 2.19. The van der Waals surface area contributed by atoms with Gasteiger partial charge in [0.05, 0.1) is 12.3 Å². The van der Waals surface area contributed by atoms with Crippen molar-refractivity contribution in [3.63, 3.8) is 0 Å². The zero-order valence-electron chi connectivity index (χ0n) is 9.98. The molecular weight excluding hydrogens is 217 g/mol. The number of benzene rings is 1. The summed E-state index contributed by atoms with van der Waals surface area (Å²) in [5.74, 6) is 0.694. The van der Waals surface area contributed by atoms with Gasteiger partial charge in [0.2, 0.25) is 0 Å². The van der Waals surface area contributed by atoms with Gasteiger partial charge in [-0.15, -0.1) is 0 Å². The van der Waals surface area contributed by atoms with Crippen LogP contribution in [0.15, 0.2) is 47.1 Å². The fourth-order valence-corrected chi connectivity index (χ4v) is 1.84. The average molecular weight is 233 g/mol. The third kappa shape index (κ3) is 2.94. The Kier molecular flexibility index (Phi) is 3.59. The van der Waals surface area contributed by atoms with Crippen molar-refractivity contribution in [2.24, 2.45) is 0 Å². The maximum Gasteiger partial charge on any atom is 0.123 e. The molecule has 1 aromatic carbocycles. The van der Waals surface area contributed by atoms with Gasteiger partial charge >= 0.3 is 0 Å². The van der Waals surface area contributed by atoms with Crippen LogP contribution >= 0.6 is 0 Å². The highest BCUT2D eigenvalue weighted by molar-refractivity contribution is 5.19. The second-order valence-electron chi connectivity index (χ2n) is 4.18. The number of hydrogen-bond donors (Lipinski definition) is 1. The Morgan fingerprint density at radius 1 is 1.06 bits per heavy atom. The molecule has 1 N–H and O–H groups in total. The molecule has 0 aliphatic rings. The van der Waals surface area contributed by atoms with Gasteiger partial charge in [-0.1, -0.05) is 12.1 Å². The molecule has 90 valence electrons. The summed E-state index contributed by atoms with van der Waals surface area (Å²) >= 11 is 0. The lowest BCUT2D eigenvalue weighted by Gasteiger charge is -2.18. The molecule has 0 bridgehead atoms. The van der Waals surface area contributed by atoms with Gasteiger partial charge < -0.3 is 9.73 Å². The van der Waals surface area contributed by atoms with E-state index in [4.69, 9.17) is 4.42 Å². The first-order chi connectivity index (χ1) is 8.16. The van der Waals surface area contributed by atoms with Crippen molar-refractivity contribution in [1.82, 2.24) is 5.32 Å². The summed E-state index contributed by atoms with van der Waals surface area (Å²) in [6, 6.07) is 10.6. The summed E-state index contributed by atoms with van der Waals surface area (Å²) in [4.78, 5) is 0. The standard InChI is InChI=1S/C14H16FNO/c1-10(12-5-7-13(15)8-6-12)16-11(2)14-4-3-9-17-14/h3-11,16H,1-2H3/t10?,11-/m0/s1. The molecule has 1 unspecified atom stereocenters. The monoisotopic (exact) mass is 233 g/mol. The molecule has 2 rings (SSSR count). The van der Waals surface area contributed by atoms with Gasteiger partial charge in [0.1, 0.15) is 11.6 Å². The SMILES string of the molecule is CC(N[C@@H](C)c1ccco1)c1ccc(F)cc1. The lowest BCUT2D eigenvalue weighted by molar-refractivity contribution is 0.403. The van der Waals surface area contributed by atoms with Crippen LogP contribution in [0.25, 0.3) is 0 Å². The van der Waals surface area contributed by atoms with E-state index in [0.29, 0.717) is 0 Å². The van der Waals surface area contributed by atoms with Crippen LogP contribution in [0.2, 0.25) is 0 Å². The van der Waals surface area contributed by atoms with Crippen molar-refractivity contribution in [3.05, 3.63) is 59.8 Å². The molecule has 2 aromatic rings. The molecule has 0 saturated heterocycles. The smallest absolute Gasteiger partial charge is 0.123 e. The van der Waals surface area contributed by atoms with Crippen LogP contribution in [0.1, 0.15) is 37.3 Å². The van der Waals surface area contributed by atoms with E-state index in [0.717, 1.165) is 11.3 Å². The van der Waals surface area contributed by atoms with Gasteiger partial charge in [0.15, 0.2) is 0 Å². The Bertz CT molecular complexity index is 450. The first kappa shape index (κ1) is 11.9. The third-order valence-electron chi connectivity index (χ3n) is 2.84. The van der Waals surface area contributed by atoms with E-state index in [1.807, 2.05) is 26.0 Å². The Hall–Kier alpha value is -1.61. The molecular formula is C14H16FNO. The molecule has 2 atom stereocenters. The number of furan rings is 1. The summed E-state index contributed by atoms with van der Waals surface area (Å²) < 4.78 is 18.1. The van der Waals surface area contributed by atoms with Crippen LogP contribution in [0.5, 0.6) is 0 Å². The number of nitrogens with one attached hydrogen (secondary N) is 1. The molecule has 0 radical (unpaired) electrons. The third-order valence-corrected chi connectivity index (χ3v) is 2.84. The molecule has 2 nitrogen and oxygen atoms in total. The molecule has 0 aliphatic heterocycles. The van der Waals surface area contributed by atoms with Crippen LogP contribution in [0.3, 0.4) is 0 Å². The van der Waals surface area contributed by atoms with Gasteiger partial charge in [0, 0.05) is 6.04 Å². The minimum Gasteiger partial charge on any atom is -0.468 e. The minimum atomic E-state index is -0.208. The first-order valence-corrected chi connectivity index (χ1v) is 5.71. The maximum absolute atomic E-state index is 12.8. The molecule has 0 aliphatic carbocycles. The van der Waals surface area contributed by atoms with Gasteiger partial charge in [-0.25, -0.2) is 4.39 Å². The molecule has 0 fully saturated rings. The molecule has 1 heterocycles. The van der Waals surface area contributed by atoms with Crippen molar-refractivity contribution in [3.8, 4) is 0 Å². The Morgan fingerprint density at radius 2 is 1.76 bits per heavy atom. The molecule has 0 amide bonds. The zero-order chi connectivity index (χ0) is 12.3. The van der Waals surface area contributed by atoms with E-state index in [1.54, 1.807) is 18.4 Å². The normalized spacial score (nSPS) is 14.5. The van der Waals surface area contributed by atoms with E-state index < -0.39 is 0 Å². The molecule has 1 aromatic heterocycles. The lowest BCUT2D eigenvalue weighted by Crippen LogP contribution is -2.22. The number of halogens is 1. The first-order valence-electron chi connectivity index (χ1n) is 5.71. The largest absolute Gasteiger partial charge is 0.468 e. The predicted octanol–water partition coefficient (Wildman–Crippen LogP) is 3.83. The zero-order valence-corrected chi connectivity index (χ0v) is 9.98. The van der Waals surface area contributed by atoms with E-state index in [1.165, 1.54) is 12.1 Å². The van der Waals surface area contributed by atoms with Crippen molar-refractivity contribution in [2.45, 2.75) is 25.9 Å². The van der Waals surface area contributed by atoms with E-state index in [-0.39, 0.29) is 17.9 Å². The average Bonchev–Trinajstić information content (AvgIpc) is 2.83. The van der Waals surface area contributed by atoms with Crippen LogP contribution in [-0.4, -0.2) is 0 Å². The summed E-state index contributed by atoms with van der Waals surface area (Å²) in [5, 5.41) is 3.40. The summed E-state index contributed by atoms with van der Waals surface area (Å²) in [6.45, 7) is 4.09. The quantitative estimate of drug-likeness (QED) is 0.868. The van der Waals surface area contributed by atoms with Crippen molar-refractivity contribution in [1.29, 1.82) is 0 Å². The predicted molar refractivity (Wildman–Crippen MR) is 65.1 cm³/mol. The molecule has 0 spiro atoms. The van der Waals surface area contributed by atoms with Crippen molar-refractivity contribution < 1.29 is 8.81 Å². The minimum absolute atomic E-state index is 0.130. The number of hydrogen-bond acceptors (Lipinski definition) is 2. The number of rotatable bonds is 4. The summed E-state index contributed by atoms with van der Waals surface area (Å²) in [7, 11) is 0.